The molecule has 0 spiro atoms. The Hall–Kier alpha value is -2.94. The van der Waals surface area contributed by atoms with Gasteiger partial charge in [0, 0.05) is 10.7 Å². The smallest absolute Gasteiger partial charge is 0.283 e. The van der Waals surface area contributed by atoms with Crippen LogP contribution in [0.25, 0.3) is 11.2 Å². The lowest BCUT2D eigenvalue weighted by Crippen LogP contribution is -2.28. The Balaban J connectivity index is 1.53. The van der Waals surface area contributed by atoms with E-state index in [1.807, 2.05) is 12.1 Å². The van der Waals surface area contributed by atoms with E-state index >= 15 is 0 Å². The maximum atomic E-state index is 12.7. The van der Waals surface area contributed by atoms with Gasteiger partial charge >= 0.3 is 0 Å². The van der Waals surface area contributed by atoms with Crippen LogP contribution in [-0.4, -0.2) is 30.5 Å². The van der Waals surface area contributed by atoms with Gasteiger partial charge in [0.25, 0.3) is 5.56 Å². The van der Waals surface area contributed by atoms with Crippen molar-refractivity contribution in [3.8, 4) is 0 Å². The zero-order valence-electron chi connectivity index (χ0n) is 15.2. The van der Waals surface area contributed by atoms with E-state index in [9.17, 15) is 9.59 Å². The Kier molecular flexibility index (Phi) is 5.72. The number of hydrogen-bond acceptors (Lipinski definition) is 5. The molecule has 0 saturated carbocycles. The Morgan fingerprint density at radius 3 is 2.53 bits per heavy atom. The van der Waals surface area contributed by atoms with Gasteiger partial charge in [-0.3, -0.25) is 14.2 Å². The van der Waals surface area contributed by atoms with Crippen LogP contribution in [0.15, 0.2) is 53.6 Å². The number of nitrogens with one attached hydrogen (secondary N) is 1. The molecule has 152 valence electrons. The lowest BCUT2D eigenvalue weighted by molar-refractivity contribution is -0.116. The second kappa shape index (κ2) is 8.43. The standard InChI is InChI=1S/C19H13Cl3N6O2/c20-12-3-1-11(2-4-12)8-28-18-17(25-26-28)19(30)27(10-23-18)9-16(29)24-13-5-6-14(21)15(22)7-13/h1-7,10H,8-9H2,(H,24,29). The van der Waals surface area contributed by atoms with Crippen LogP contribution in [0, 0.1) is 0 Å². The van der Waals surface area contributed by atoms with Crippen LogP contribution in [0.2, 0.25) is 15.1 Å². The summed E-state index contributed by atoms with van der Waals surface area (Å²) < 4.78 is 2.68. The SMILES string of the molecule is O=C(Cn1cnc2c(nnn2Cc2ccc(Cl)cc2)c1=O)Nc1ccc(Cl)c(Cl)c1. The third kappa shape index (κ3) is 4.30. The summed E-state index contributed by atoms with van der Waals surface area (Å²) in [7, 11) is 0. The van der Waals surface area contributed by atoms with Gasteiger partial charge in [0.05, 0.1) is 16.6 Å². The van der Waals surface area contributed by atoms with Crippen molar-refractivity contribution >= 4 is 57.6 Å². The van der Waals surface area contributed by atoms with Crippen molar-refractivity contribution in [3.63, 3.8) is 0 Å². The van der Waals surface area contributed by atoms with Crippen molar-refractivity contribution in [3.05, 3.63) is 79.8 Å². The fourth-order valence-electron chi connectivity index (χ4n) is 2.80. The molecule has 4 rings (SSSR count). The summed E-state index contributed by atoms with van der Waals surface area (Å²) in [5, 5.41) is 11.9. The van der Waals surface area contributed by atoms with Gasteiger partial charge < -0.3 is 5.32 Å². The summed E-state index contributed by atoms with van der Waals surface area (Å²) in [4.78, 5) is 29.3. The maximum absolute atomic E-state index is 12.7. The third-order valence-corrected chi connectivity index (χ3v) is 5.25. The predicted molar refractivity (Wildman–Crippen MR) is 115 cm³/mol. The molecular weight excluding hydrogens is 451 g/mol. The number of amides is 1. The fraction of sp³-hybridized carbons (Fsp3) is 0.105. The number of aromatic nitrogens is 5. The number of halogens is 3. The molecule has 30 heavy (non-hydrogen) atoms. The van der Waals surface area contributed by atoms with Crippen LogP contribution < -0.4 is 10.9 Å². The first kappa shape index (κ1) is 20.3. The van der Waals surface area contributed by atoms with Gasteiger partial charge in [0.2, 0.25) is 5.91 Å². The van der Waals surface area contributed by atoms with E-state index in [4.69, 9.17) is 34.8 Å². The zero-order valence-corrected chi connectivity index (χ0v) is 17.5. The molecule has 1 amide bonds. The normalized spacial score (nSPS) is 11.0. The molecule has 8 nitrogen and oxygen atoms in total. The lowest BCUT2D eigenvalue weighted by Gasteiger charge is -2.08. The summed E-state index contributed by atoms with van der Waals surface area (Å²) in [6.07, 6.45) is 1.29. The summed E-state index contributed by atoms with van der Waals surface area (Å²) in [6.45, 7) is 0.133. The molecule has 0 aliphatic heterocycles. The molecule has 11 heteroatoms. The largest absolute Gasteiger partial charge is 0.324 e. The monoisotopic (exact) mass is 462 g/mol. The highest BCUT2D eigenvalue weighted by Crippen LogP contribution is 2.25. The molecule has 0 atom stereocenters. The van der Waals surface area contributed by atoms with Gasteiger partial charge in [-0.15, -0.1) is 5.10 Å². The number of anilines is 1. The van der Waals surface area contributed by atoms with Crippen molar-refractivity contribution in [2.75, 3.05) is 5.32 Å². The van der Waals surface area contributed by atoms with Gasteiger partial charge in [-0.25, -0.2) is 9.67 Å². The zero-order chi connectivity index (χ0) is 21.3. The van der Waals surface area contributed by atoms with Crippen molar-refractivity contribution in [1.82, 2.24) is 24.5 Å². The van der Waals surface area contributed by atoms with Gasteiger partial charge in [0.15, 0.2) is 11.2 Å². The molecule has 2 aromatic heterocycles. The van der Waals surface area contributed by atoms with E-state index in [1.165, 1.54) is 17.1 Å². The summed E-state index contributed by atoms with van der Waals surface area (Å²) in [5.41, 5.74) is 1.33. The Morgan fingerprint density at radius 1 is 1.03 bits per heavy atom. The van der Waals surface area contributed by atoms with E-state index in [2.05, 4.69) is 20.6 Å². The molecule has 0 saturated heterocycles. The minimum Gasteiger partial charge on any atom is -0.324 e. The van der Waals surface area contributed by atoms with Gasteiger partial charge in [0.1, 0.15) is 12.9 Å². The van der Waals surface area contributed by atoms with E-state index in [1.54, 1.807) is 24.3 Å². The molecule has 2 aromatic carbocycles. The number of hydrogen-bond donors (Lipinski definition) is 1. The van der Waals surface area contributed by atoms with Crippen molar-refractivity contribution in [2.45, 2.75) is 13.1 Å². The van der Waals surface area contributed by atoms with E-state index in [-0.39, 0.29) is 12.1 Å². The topological polar surface area (TPSA) is 94.7 Å². The Labute approximate surface area is 185 Å². The molecule has 2 heterocycles. The highest BCUT2D eigenvalue weighted by atomic mass is 35.5. The van der Waals surface area contributed by atoms with Crippen LogP contribution in [0.1, 0.15) is 5.56 Å². The first-order chi connectivity index (χ1) is 14.4. The lowest BCUT2D eigenvalue weighted by atomic mass is 10.2. The van der Waals surface area contributed by atoms with Gasteiger partial charge in [-0.2, -0.15) is 0 Å². The van der Waals surface area contributed by atoms with Crippen molar-refractivity contribution < 1.29 is 4.79 Å². The number of carbonyl (C=O) groups is 1. The second-order valence-corrected chi connectivity index (χ2v) is 7.65. The van der Waals surface area contributed by atoms with Crippen LogP contribution in [0.5, 0.6) is 0 Å². The number of benzene rings is 2. The first-order valence-electron chi connectivity index (χ1n) is 8.68. The summed E-state index contributed by atoms with van der Waals surface area (Å²) in [5.74, 6) is -0.426. The minimum atomic E-state index is -0.466. The predicted octanol–water partition coefficient (Wildman–Crippen LogP) is 3.64. The number of rotatable bonds is 5. The quantitative estimate of drug-likeness (QED) is 0.488. The van der Waals surface area contributed by atoms with Crippen LogP contribution in [0.3, 0.4) is 0 Å². The van der Waals surface area contributed by atoms with Crippen LogP contribution in [0.4, 0.5) is 5.69 Å². The highest BCUT2D eigenvalue weighted by Gasteiger charge is 2.14. The Morgan fingerprint density at radius 2 is 1.80 bits per heavy atom. The third-order valence-electron chi connectivity index (χ3n) is 4.25. The van der Waals surface area contributed by atoms with Crippen molar-refractivity contribution in [2.24, 2.45) is 0 Å². The molecule has 0 aliphatic carbocycles. The number of fused-ring (bicyclic) bond motifs is 1. The number of nitrogens with zero attached hydrogens (tertiary/aromatic N) is 5. The van der Waals surface area contributed by atoms with Gasteiger partial charge in [-0.1, -0.05) is 52.1 Å². The molecule has 0 radical (unpaired) electrons. The van der Waals surface area contributed by atoms with E-state index in [0.717, 1.165) is 10.1 Å². The van der Waals surface area contributed by atoms with Crippen LogP contribution >= 0.6 is 34.8 Å². The first-order valence-corrected chi connectivity index (χ1v) is 9.82. The Bertz CT molecular complexity index is 1300. The van der Waals surface area contributed by atoms with Crippen molar-refractivity contribution in [1.29, 1.82) is 0 Å². The van der Waals surface area contributed by atoms with E-state index in [0.29, 0.717) is 32.9 Å². The summed E-state index contributed by atoms with van der Waals surface area (Å²) in [6, 6.07) is 11.9. The molecular formula is C19H13Cl3N6O2. The number of carbonyl (C=O) groups excluding carboxylic acids is 1. The van der Waals surface area contributed by atoms with E-state index < -0.39 is 11.5 Å². The van der Waals surface area contributed by atoms with Gasteiger partial charge in [-0.05, 0) is 35.9 Å². The van der Waals surface area contributed by atoms with Crippen LogP contribution in [-0.2, 0) is 17.9 Å². The second-order valence-electron chi connectivity index (χ2n) is 6.40. The fourth-order valence-corrected chi connectivity index (χ4v) is 3.22. The molecule has 0 aliphatic rings. The highest BCUT2D eigenvalue weighted by molar-refractivity contribution is 6.42. The average molecular weight is 464 g/mol. The molecule has 4 aromatic rings. The average Bonchev–Trinajstić information content (AvgIpc) is 3.12. The summed E-state index contributed by atoms with van der Waals surface area (Å²) >= 11 is 17.7. The molecule has 1 N–H and O–H groups in total. The molecule has 0 fully saturated rings. The molecule has 0 unspecified atom stereocenters. The maximum Gasteiger partial charge on any atom is 0.283 e. The minimum absolute atomic E-state index is 0.0776. The molecule has 0 bridgehead atoms.